The molecule has 3 rings (SSSR count). The zero-order valence-electron chi connectivity index (χ0n) is 11.9. The molecular formula is C16H12ClN3O2S. The summed E-state index contributed by atoms with van der Waals surface area (Å²) in [4.78, 5) is 17.3. The number of halogens is 1. The van der Waals surface area contributed by atoms with Gasteiger partial charge in [0.15, 0.2) is 17.5 Å². The number of hydrogen-bond donors (Lipinski definition) is 1. The van der Waals surface area contributed by atoms with Crippen LogP contribution < -0.4 is 10.0 Å². The molecule has 0 unspecified atom stereocenters. The second-order valence-corrected chi connectivity index (χ2v) is 6.39. The zero-order chi connectivity index (χ0) is 16.2. The number of amides is 1. The van der Waals surface area contributed by atoms with E-state index in [0.29, 0.717) is 26.9 Å². The number of nitrogens with zero attached hydrogens (tertiary/aromatic N) is 2. The molecule has 0 saturated heterocycles. The summed E-state index contributed by atoms with van der Waals surface area (Å²) in [7, 11) is 0. The number of nitrogens with one attached hydrogen (secondary N) is 1. The lowest BCUT2D eigenvalue weighted by Gasteiger charge is -2.01. The minimum absolute atomic E-state index is 0.297. The third-order valence-electron chi connectivity index (χ3n) is 3.11. The second-order valence-electron chi connectivity index (χ2n) is 4.84. The summed E-state index contributed by atoms with van der Waals surface area (Å²) in [6, 6.07) is 10.5. The molecule has 2 aromatic heterocycles. The maximum atomic E-state index is 12.1. The van der Waals surface area contributed by atoms with Crippen LogP contribution in [0.25, 0.3) is 0 Å². The van der Waals surface area contributed by atoms with Crippen molar-refractivity contribution in [2.45, 2.75) is 6.42 Å². The number of thiazole rings is 1. The lowest BCUT2D eigenvalue weighted by Crippen LogP contribution is -2.25. The van der Waals surface area contributed by atoms with Crippen molar-refractivity contribution >= 4 is 34.0 Å². The Hall–Kier alpha value is -2.44. The van der Waals surface area contributed by atoms with Crippen molar-refractivity contribution in [3.05, 3.63) is 81.2 Å². The first-order valence-electron chi connectivity index (χ1n) is 6.79. The minimum atomic E-state index is -0.297. The van der Waals surface area contributed by atoms with E-state index >= 15 is 0 Å². The molecule has 5 nitrogen and oxygen atoms in total. The molecule has 0 radical (unpaired) electrons. The average molecular weight is 346 g/mol. The van der Waals surface area contributed by atoms with Crippen molar-refractivity contribution in [1.82, 2.24) is 4.98 Å². The molecular weight excluding hydrogens is 334 g/mol. The van der Waals surface area contributed by atoms with Crippen molar-refractivity contribution in [3.63, 3.8) is 0 Å². The lowest BCUT2D eigenvalue weighted by atomic mass is 10.1. The van der Waals surface area contributed by atoms with Gasteiger partial charge in [0, 0.05) is 34.7 Å². The van der Waals surface area contributed by atoms with Crippen LogP contribution in [0, 0.1) is 5.21 Å². The van der Waals surface area contributed by atoms with E-state index in [4.69, 9.17) is 11.6 Å². The summed E-state index contributed by atoms with van der Waals surface area (Å²) in [6.45, 7) is 0. The Kier molecular flexibility index (Phi) is 4.55. The molecule has 1 aromatic carbocycles. The topological polar surface area (TPSA) is 68.9 Å². The Bertz CT molecular complexity index is 833. The normalized spacial score (nSPS) is 10.5. The van der Waals surface area contributed by atoms with Crippen LogP contribution in [-0.2, 0) is 6.42 Å². The van der Waals surface area contributed by atoms with E-state index in [1.165, 1.54) is 35.9 Å². The summed E-state index contributed by atoms with van der Waals surface area (Å²) < 4.78 is 0.628. The van der Waals surface area contributed by atoms with Crippen molar-refractivity contribution < 1.29 is 9.52 Å². The van der Waals surface area contributed by atoms with Crippen molar-refractivity contribution in [3.8, 4) is 0 Å². The number of rotatable bonds is 4. The minimum Gasteiger partial charge on any atom is -0.619 e. The smallest absolute Gasteiger partial charge is 0.257 e. The predicted octanol–water partition coefficient (Wildman–Crippen LogP) is 3.27. The van der Waals surface area contributed by atoms with Gasteiger partial charge in [-0.1, -0.05) is 23.7 Å². The molecule has 116 valence electrons. The number of pyridine rings is 1. The van der Waals surface area contributed by atoms with Crippen LogP contribution in [0.2, 0.25) is 5.02 Å². The summed E-state index contributed by atoms with van der Waals surface area (Å²) in [6.07, 6.45) is 5.00. The average Bonchev–Trinajstić information content (AvgIpc) is 2.95. The molecule has 0 atom stereocenters. The number of benzene rings is 1. The summed E-state index contributed by atoms with van der Waals surface area (Å²) in [5, 5.41) is 14.9. The first-order valence-corrected chi connectivity index (χ1v) is 7.99. The van der Waals surface area contributed by atoms with Gasteiger partial charge in [0.2, 0.25) is 0 Å². The molecule has 23 heavy (non-hydrogen) atoms. The van der Waals surface area contributed by atoms with Crippen LogP contribution in [0.4, 0.5) is 5.13 Å². The van der Waals surface area contributed by atoms with Gasteiger partial charge in [-0.25, -0.2) is 4.98 Å². The van der Waals surface area contributed by atoms with Gasteiger partial charge in [-0.3, -0.25) is 10.1 Å². The van der Waals surface area contributed by atoms with E-state index in [1.807, 2.05) is 24.3 Å². The van der Waals surface area contributed by atoms with Crippen LogP contribution in [0.15, 0.2) is 55.0 Å². The molecule has 0 spiro atoms. The fourth-order valence-corrected chi connectivity index (χ4v) is 3.08. The predicted molar refractivity (Wildman–Crippen MR) is 89.7 cm³/mol. The van der Waals surface area contributed by atoms with Crippen LogP contribution in [0.5, 0.6) is 0 Å². The van der Waals surface area contributed by atoms with E-state index in [9.17, 15) is 10.0 Å². The molecule has 1 amide bonds. The highest BCUT2D eigenvalue weighted by Crippen LogP contribution is 2.22. The van der Waals surface area contributed by atoms with Crippen molar-refractivity contribution in [1.29, 1.82) is 0 Å². The summed E-state index contributed by atoms with van der Waals surface area (Å²) in [5.74, 6) is -0.297. The van der Waals surface area contributed by atoms with E-state index in [-0.39, 0.29) is 5.91 Å². The second kappa shape index (κ2) is 6.76. The molecule has 2 heterocycles. The highest BCUT2D eigenvalue weighted by Gasteiger charge is 2.10. The maximum Gasteiger partial charge on any atom is 0.257 e. The van der Waals surface area contributed by atoms with Gasteiger partial charge in [0.1, 0.15) is 0 Å². The Morgan fingerprint density at radius 2 is 2.09 bits per heavy atom. The van der Waals surface area contributed by atoms with E-state index in [0.717, 1.165) is 10.4 Å². The number of carbonyl (C=O) groups excluding carboxylic acids is 1. The third-order valence-corrected chi connectivity index (χ3v) is 4.25. The Morgan fingerprint density at radius 3 is 2.83 bits per heavy atom. The lowest BCUT2D eigenvalue weighted by molar-refractivity contribution is -0.605. The quantitative estimate of drug-likeness (QED) is 0.582. The van der Waals surface area contributed by atoms with Gasteiger partial charge < -0.3 is 5.21 Å². The Labute approximate surface area is 141 Å². The maximum absolute atomic E-state index is 12.1. The molecule has 1 N–H and O–H groups in total. The Morgan fingerprint density at radius 1 is 1.30 bits per heavy atom. The molecule has 0 bridgehead atoms. The van der Waals surface area contributed by atoms with Gasteiger partial charge in [-0.15, -0.1) is 11.3 Å². The third kappa shape index (κ3) is 4.06. The van der Waals surface area contributed by atoms with Crippen LogP contribution in [0.1, 0.15) is 20.8 Å². The number of carbonyl (C=O) groups is 1. The summed E-state index contributed by atoms with van der Waals surface area (Å²) >= 11 is 7.38. The molecule has 0 fully saturated rings. The molecule has 7 heteroatoms. The van der Waals surface area contributed by atoms with Crippen molar-refractivity contribution in [2.24, 2.45) is 0 Å². The Balaban J connectivity index is 1.67. The zero-order valence-corrected chi connectivity index (χ0v) is 13.5. The highest BCUT2D eigenvalue weighted by molar-refractivity contribution is 7.15. The van der Waals surface area contributed by atoms with Gasteiger partial charge >= 0.3 is 0 Å². The van der Waals surface area contributed by atoms with Gasteiger partial charge in [0.25, 0.3) is 5.91 Å². The van der Waals surface area contributed by atoms with E-state index in [2.05, 4.69) is 10.3 Å². The molecule has 0 aliphatic carbocycles. The van der Waals surface area contributed by atoms with Crippen LogP contribution in [0.3, 0.4) is 0 Å². The largest absolute Gasteiger partial charge is 0.619 e. The van der Waals surface area contributed by atoms with E-state index < -0.39 is 0 Å². The molecule has 0 aliphatic rings. The fourth-order valence-electron chi connectivity index (χ4n) is 2.03. The molecule has 3 aromatic rings. The van der Waals surface area contributed by atoms with Gasteiger partial charge in [-0.2, -0.15) is 4.73 Å². The van der Waals surface area contributed by atoms with Gasteiger partial charge in [-0.05, 0) is 17.7 Å². The van der Waals surface area contributed by atoms with E-state index in [1.54, 1.807) is 6.20 Å². The number of aromatic nitrogens is 2. The standard InChI is InChI=1S/C16H12ClN3O2S/c17-13-3-1-2-11(8-13)9-14-10-18-16(23-14)19-15(21)12-4-6-20(22)7-5-12/h1-8,10H,9H2,(H,18,19,21). The highest BCUT2D eigenvalue weighted by atomic mass is 35.5. The van der Waals surface area contributed by atoms with Crippen molar-refractivity contribution in [2.75, 3.05) is 5.32 Å². The number of hydrogen-bond acceptors (Lipinski definition) is 4. The van der Waals surface area contributed by atoms with Gasteiger partial charge in [0.05, 0.1) is 5.56 Å². The monoisotopic (exact) mass is 345 g/mol. The first-order chi connectivity index (χ1) is 11.1. The molecule has 0 aliphatic heterocycles. The van der Waals surface area contributed by atoms with Crippen LogP contribution in [-0.4, -0.2) is 10.9 Å². The molecule has 0 saturated carbocycles. The number of anilines is 1. The fraction of sp³-hybridized carbons (Fsp3) is 0.0625. The van der Waals surface area contributed by atoms with Crippen LogP contribution >= 0.6 is 22.9 Å². The first kappa shape index (κ1) is 15.5. The SMILES string of the molecule is O=C(Nc1ncc(Cc2cccc(Cl)c2)s1)c1cc[n+]([O-])cc1. The summed E-state index contributed by atoms with van der Waals surface area (Å²) in [5.41, 5.74) is 1.49.